The number of rotatable bonds is 6. The molecule has 0 radical (unpaired) electrons. The predicted octanol–water partition coefficient (Wildman–Crippen LogP) is 0.140. The summed E-state index contributed by atoms with van der Waals surface area (Å²) in [5.41, 5.74) is 0.558. The predicted molar refractivity (Wildman–Crippen MR) is 72.8 cm³/mol. The maximum Gasteiger partial charge on any atom is 0.342 e. The Hall–Kier alpha value is -2.38. The van der Waals surface area contributed by atoms with E-state index < -0.39 is 24.6 Å². The van der Waals surface area contributed by atoms with Gasteiger partial charge in [-0.15, -0.1) is 0 Å². The molecule has 21 heavy (non-hydrogen) atoms. The SMILES string of the molecule is COC(=O)C=Cc1ccc(OC)c(OC(=O)C(O)CO)c1. The van der Waals surface area contributed by atoms with Crippen LogP contribution in [0.2, 0.25) is 0 Å². The quantitative estimate of drug-likeness (QED) is 0.437. The third-order valence-electron chi connectivity index (χ3n) is 2.46. The monoisotopic (exact) mass is 296 g/mol. The van der Waals surface area contributed by atoms with Crippen LogP contribution >= 0.6 is 0 Å². The van der Waals surface area contributed by atoms with Gasteiger partial charge in [0.05, 0.1) is 20.8 Å². The van der Waals surface area contributed by atoms with Gasteiger partial charge in [0.2, 0.25) is 0 Å². The summed E-state index contributed by atoms with van der Waals surface area (Å²) in [6.45, 7) is -0.747. The van der Waals surface area contributed by atoms with Crippen LogP contribution < -0.4 is 9.47 Å². The van der Waals surface area contributed by atoms with E-state index in [9.17, 15) is 14.7 Å². The van der Waals surface area contributed by atoms with E-state index in [1.807, 2.05) is 0 Å². The number of methoxy groups -OCH3 is 2. The Morgan fingerprint density at radius 3 is 2.57 bits per heavy atom. The summed E-state index contributed by atoms with van der Waals surface area (Å²) in [6.07, 6.45) is 1.03. The average molecular weight is 296 g/mol. The summed E-state index contributed by atoms with van der Waals surface area (Å²) in [6, 6.07) is 4.61. The molecule has 1 aromatic carbocycles. The van der Waals surface area contributed by atoms with Crippen molar-refractivity contribution in [1.29, 1.82) is 0 Å². The van der Waals surface area contributed by atoms with Crippen molar-refractivity contribution in [3.05, 3.63) is 29.8 Å². The van der Waals surface area contributed by atoms with Crippen molar-refractivity contribution in [1.82, 2.24) is 0 Å². The molecule has 0 amide bonds. The minimum absolute atomic E-state index is 0.0574. The van der Waals surface area contributed by atoms with Crippen molar-refractivity contribution >= 4 is 18.0 Å². The normalized spacial score (nSPS) is 12.0. The van der Waals surface area contributed by atoms with E-state index in [1.54, 1.807) is 6.07 Å². The first-order chi connectivity index (χ1) is 10.0. The lowest BCUT2D eigenvalue weighted by Gasteiger charge is -2.11. The van der Waals surface area contributed by atoms with Crippen molar-refractivity contribution in [3.63, 3.8) is 0 Å². The average Bonchev–Trinajstić information content (AvgIpc) is 2.51. The number of aliphatic hydroxyl groups is 2. The second-order valence-electron chi connectivity index (χ2n) is 3.89. The van der Waals surface area contributed by atoms with Gasteiger partial charge in [0.15, 0.2) is 17.6 Å². The molecule has 0 spiro atoms. The molecule has 0 bridgehead atoms. The van der Waals surface area contributed by atoms with Gasteiger partial charge in [0.1, 0.15) is 0 Å². The molecule has 1 rings (SSSR count). The summed E-state index contributed by atoms with van der Waals surface area (Å²) in [5, 5.41) is 17.9. The second kappa shape index (κ2) is 8.03. The zero-order chi connectivity index (χ0) is 15.8. The fourth-order valence-corrected chi connectivity index (χ4v) is 1.36. The largest absolute Gasteiger partial charge is 0.493 e. The van der Waals surface area contributed by atoms with Crippen LogP contribution in [0.25, 0.3) is 6.08 Å². The van der Waals surface area contributed by atoms with Crippen molar-refractivity contribution in [2.24, 2.45) is 0 Å². The van der Waals surface area contributed by atoms with Gasteiger partial charge >= 0.3 is 11.9 Å². The van der Waals surface area contributed by atoms with Gasteiger partial charge in [-0.25, -0.2) is 9.59 Å². The highest BCUT2D eigenvalue weighted by atomic mass is 16.6. The topological polar surface area (TPSA) is 102 Å². The highest BCUT2D eigenvalue weighted by molar-refractivity contribution is 5.87. The molecule has 114 valence electrons. The molecule has 1 aromatic rings. The number of benzene rings is 1. The second-order valence-corrected chi connectivity index (χ2v) is 3.89. The molecule has 1 unspecified atom stereocenters. The van der Waals surface area contributed by atoms with Gasteiger partial charge in [-0.3, -0.25) is 0 Å². The minimum atomic E-state index is -1.64. The lowest BCUT2D eigenvalue weighted by Crippen LogP contribution is -2.28. The molecule has 7 nitrogen and oxygen atoms in total. The Balaban J connectivity index is 2.98. The molecule has 0 saturated heterocycles. The van der Waals surface area contributed by atoms with Crippen LogP contribution in [-0.2, 0) is 14.3 Å². The van der Waals surface area contributed by atoms with E-state index in [1.165, 1.54) is 38.5 Å². The van der Waals surface area contributed by atoms with Crippen molar-refractivity contribution < 1.29 is 34.0 Å². The van der Waals surface area contributed by atoms with Crippen molar-refractivity contribution in [2.45, 2.75) is 6.10 Å². The first-order valence-electron chi connectivity index (χ1n) is 5.96. The minimum Gasteiger partial charge on any atom is -0.493 e. The summed E-state index contributed by atoms with van der Waals surface area (Å²) < 4.78 is 14.4. The van der Waals surface area contributed by atoms with E-state index in [-0.39, 0.29) is 11.5 Å². The molecule has 2 N–H and O–H groups in total. The lowest BCUT2D eigenvalue weighted by molar-refractivity contribution is -0.145. The van der Waals surface area contributed by atoms with Crippen LogP contribution in [0.1, 0.15) is 5.56 Å². The van der Waals surface area contributed by atoms with Crippen LogP contribution in [-0.4, -0.2) is 49.1 Å². The van der Waals surface area contributed by atoms with Gasteiger partial charge in [0.25, 0.3) is 0 Å². The third-order valence-corrected chi connectivity index (χ3v) is 2.46. The first-order valence-corrected chi connectivity index (χ1v) is 5.96. The van der Waals surface area contributed by atoms with Gasteiger partial charge in [-0.1, -0.05) is 6.07 Å². The number of hydrogen-bond donors (Lipinski definition) is 2. The summed E-state index contributed by atoms with van der Waals surface area (Å²) in [5.74, 6) is -1.21. The number of ether oxygens (including phenoxy) is 3. The van der Waals surface area contributed by atoms with E-state index in [2.05, 4.69) is 4.74 Å². The highest BCUT2D eigenvalue weighted by Gasteiger charge is 2.18. The number of hydrogen-bond acceptors (Lipinski definition) is 7. The summed E-state index contributed by atoms with van der Waals surface area (Å²) in [4.78, 5) is 22.5. The maximum atomic E-state index is 11.5. The third kappa shape index (κ3) is 4.90. The number of aliphatic hydroxyl groups excluding tert-OH is 2. The molecule has 0 saturated carbocycles. The van der Waals surface area contributed by atoms with Gasteiger partial charge in [-0.2, -0.15) is 0 Å². The molecule has 0 aliphatic carbocycles. The van der Waals surface area contributed by atoms with Crippen LogP contribution in [0, 0.1) is 0 Å². The zero-order valence-corrected chi connectivity index (χ0v) is 11.6. The Morgan fingerprint density at radius 2 is 2.00 bits per heavy atom. The molecular formula is C14H16O7. The summed E-state index contributed by atoms with van der Waals surface area (Å²) in [7, 11) is 2.64. The summed E-state index contributed by atoms with van der Waals surface area (Å²) >= 11 is 0. The molecular weight excluding hydrogens is 280 g/mol. The van der Waals surface area contributed by atoms with E-state index in [0.717, 1.165) is 0 Å². The molecule has 0 aliphatic rings. The molecule has 0 aromatic heterocycles. The van der Waals surface area contributed by atoms with E-state index in [4.69, 9.17) is 14.6 Å². The molecule has 0 aliphatic heterocycles. The van der Waals surface area contributed by atoms with Crippen molar-refractivity contribution in [2.75, 3.05) is 20.8 Å². The number of esters is 2. The molecule has 0 fully saturated rings. The Kier molecular flexibility index (Phi) is 6.38. The van der Waals surface area contributed by atoms with Gasteiger partial charge in [-0.05, 0) is 23.8 Å². The smallest absolute Gasteiger partial charge is 0.342 e. The first kappa shape index (κ1) is 16.7. The van der Waals surface area contributed by atoms with Gasteiger partial charge in [0, 0.05) is 6.08 Å². The molecule has 0 heterocycles. The number of carbonyl (C=O) groups excluding carboxylic acids is 2. The Morgan fingerprint density at radius 1 is 1.29 bits per heavy atom. The van der Waals surface area contributed by atoms with Crippen LogP contribution in [0.15, 0.2) is 24.3 Å². The zero-order valence-electron chi connectivity index (χ0n) is 11.6. The fourth-order valence-electron chi connectivity index (χ4n) is 1.36. The van der Waals surface area contributed by atoms with E-state index >= 15 is 0 Å². The standard InChI is InChI=1S/C14H16O7/c1-19-11-5-3-9(4-6-13(17)20-2)7-12(11)21-14(18)10(16)8-15/h3-7,10,15-16H,8H2,1-2H3. The van der Waals surface area contributed by atoms with Crippen LogP contribution in [0.4, 0.5) is 0 Å². The van der Waals surface area contributed by atoms with Crippen LogP contribution in [0.3, 0.4) is 0 Å². The maximum absolute atomic E-state index is 11.5. The van der Waals surface area contributed by atoms with Crippen LogP contribution in [0.5, 0.6) is 11.5 Å². The Labute approximate surface area is 121 Å². The van der Waals surface area contributed by atoms with E-state index in [0.29, 0.717) is 5.56 Å². The fraction of sp³-hybridized carbons (Fsp3) is 0.286. The number of carbonyl (C=O) groups is 2. The molecule has 7 heteroatoms. The Bertz CT molecular complexity index is 536. The molecule has 1 atom stereocenters. The van der Waals surface area contributed by atoms with Crippen molar-refractivity contribution in [3.8, 4) is 11.5 Å². The highest BCUT2D eigenvalue weighted by Crippen LogP contribution is 2.29. The lowest BCUT2D eigenvalue weighted by atomic mass is 10.2. The van der Waals surface area contributed by atoms with Gasteiger partial charge < -0.3 is 24.4 Å².